The van der Waals surface area contributed by atoms with E-state index in [1.54, 1.807) is 6.92 Å². The van der Waals surface area contributed by atoms with Crippen LogP contribution in [0.1, 0.15) is 6.92 Å². The number of terminal acetylenes is 1. The summed E-state index contributed by atoms with van der Waals surface area (Å²) in [5, 5.41) is 24.9. The van der Waals surface area contributed by atoms with Gasteiger partial charge >= 0.3 is 0 Å². The molecule has 1 aromatic rings. The predicted octanol–water partition coefficient (Wildman–Crippen LogP) is -0.315. The van der Waals surface area contributed by atoms with Gasteiger partial charge in [-0.25, -0.2) is 4.68 Å². The first kappa shape index (κ1) is 14.5. The maximum Gasteiger partial charge on any atom is 0.292 e. The fraction of sp³-hybridized carbons (Fsp3) is 0.455. The molecule has 0 aliphatic heterocycles. The standard InChI is InChI=1S/C11H14ClN3O3/c1-3-4-15-10(18)9(8(12)5-13-15)14-11(2,6-16)7-17/h1,5,14,16-17H,4,6-7H2,2H3. The normalized spacial score (nSPS) is 11.1. The highest BCUT2D eigenvalue weighted by Crippen LogP contribution is 2.19. The van der Waals surface area contributed by atoms with Crippen molar-refractivity contribution in [1.29, 1.82) is 0 Å². The summed E-state index contributed by atoms with van der Waals surface area (Å²) < 4.78 is 1.06. The molecule has 1 rings (SSSR count). The number of nitrogens with one attached hydrogen (secondary N) is 1. The van der Waals surface area contributed by atoms with E-state index in [1.165, 1.54) is 6.20 Å². The summed E-state index contributed by atoms with van der Waals surface area (Å²) in [6.07, 6.45) is 6.39. The van der Waals surface area contributed by atoms with E-state index in [9.17, 15) is 15.0 Å². The Labute approximate surface area is 109 Å². The lowest BCUT2D eigenvalue weighted by Crippen LogP contribution is -2.44. The van der Waals surface area contributed by atoms with Gasteiger partial charge in [-0.1, -0.05) is 17.5 Å². The van der Waals surface area contributed by atoms with Crippen molar-refractivity contribution >= 4 is 17.3 Å². The molecular formula is C11H14ClN3O3. The van der Waals surface area contributed by atoms with Crippen molar-refractivity contribution in [2.45, 2.75) is 19.0 Å². The van der Waals surface area contributed by atoms with Crippen LogP contribution in [0.4, 0.5) is 5.69 Å². The van der Waals surface area contributed by atoms with Crippen molar-refractivity contribution in [3.8, 4) is 12.3 Å². The summed E-state index contributed by atoms with van der Waals surface area (Å²) in [6.45, 7) is 0.835. The fourth-order valence-corrected chi connectivity index (χ4v) is 1.38. The summed E-state index contributed by atoms with van der Waals surface area (Å²) in [5.74, 6) is 2.29. The molecule has 6 nitrogen and oxygen atoms in total. The van der Waals surface area contributed by atoms with Crippen LogP contribution >= 0.6 is 11.6 Å². The van der Waals surface area contributed by atoms with Crippen molar-refractivity contribution in [3.05, 3.63) is 21.6 Å². The second kappa shape index (κ2) is 5.87. The molecule has 0 fully saturated rings. The van der Waals surface area contributed by atoms with Gasteiger partial charge in [0.25, 0.3) is 5.56 Å². The lowest BCUT2D eigenvalue weighted by atomic mass is 10.1. The van der Waals surface area contributed by atoms with Crippen molar-refractivity contribution in [3.63, 3.8) is 0 Å². The molecule has 1 aromatic heterocycles. The van der Waals surface area contributed by atoms with Gasteiger partial charge in [0.2, 0.25) is 0 Å². The molecule has 18 heavy (non-hydrogen) atoms. The summed E-state index contributed by atoms with van der Waals surface area (Å²) in [6, 6.07) is 0. The van der Waals surface area contributed by atoms with E-state index in [4.69, 9.17) is 18.0 Å². The third kappa shape index (κ3) is 3.01. The number of hydrogen-bond donors (Lipinski definition) is 3. The summed E-state index contributed by atoms with van der Waals surface area (Å²) in [7, 11) is 0. The molecule has 0 bridgehead atoms. The molecule has 7 heteroatoms. The van der Waals surface area contributed by atoms with Crippen LogP contribution in [-0.4, -0.2) is 38.7 Å². The Bertz CT molecular complexity index is 517. The highest BCUT2D eigenvalue weighted by Gasteiger charge is 2.25. The predicted molar refractivity (Wildman–Crippen MR) is 68.5 cm³/mol. The van der Waals surface area contributed by atoms with Gasteiger partial charge in [0, 0.05) is 0 Å². The first-order valence-electron chi connectivity index (χ1n) is 5.16. The van der Waals surface area contributed by atoms with Crippen LogP contribution in [0.2, 0.25) is 5.02 Å². The molecular weight excluding hydrogens is 258 g/mol. The Morgan fingerprint density at radius 3 is 2.72 bits per heavy atom. The zero-order valence-electron chi connectivity index (χ0n) is 9.85. The van der Waals surface area contributed by atoms with Crippen LogP contribution in [0.3, 0.4) is 0 Å². The second-order valence-electron chi connectivity index (χ2n) is 4.04. The molecule has 0 atom stereocenters. The van der Waals surface area contributed by atoms with Gasteiger partial charge < -0.3 is 15.5 Å². The molecule has 0 spiro atoms. The minimum atomic E-state index is -1.06. The highest BCUT2D eigenvalue weighted by atomic mass is 35.5. The maximum absolute atomic E-state index is 12.0. The average molecular weight is 272 g/mol. The quantitative estimate of drug-likeness (QED) is 0.639. The number of hydrogen-bond acceptors (Lipinski definition) is 5. The van der Waals surface area contributed by atoms with Crippen LogP contribution in [0, 0.1) is 12.3 Å². The number of aliphatic hydroxyl groups excluding tert-OH is 2. The van der Waals surface area contributed by atoms with E-state index >= 15 is 0 Å². The molecule has 3 N–H and O–H groups in total. The Hall–Kier alpha value is -1.55. The third-order valence-electron chi connectivity index (χ3n) is 2.36. The van der Waals surface area contributed by atoms with E-state index in [0.717, 1.165) is 4.68 Å². The van der Waals surface area contributed by atoms with E-state index < -0.39 is 11.1 Å². The molecule has 0 aliphatic rings. The zero-order chi connectivity index (χ0) is 13.8. The minimum absolute atomic E-state index is 0.0135. The topological polar surface area (TPSA) is 87.4 Å². The molecule has 0 aromatic carbocycles. The van der Waals surface area contributed by atoms with Crippen LogP contribution in [0.15, 0.2) is 11.0 Å². The van der Waals surface area contributed by atoms with Crippen LogP contribution < -0.4 is 10.9 Å². The average Bonchev–Trinajstić information content (AvgIpc) is 2.38. The minimum Gasteiger partial charge on any atom is -0.394 e. The van der Waals surface area contributed by atoms with Gasteiger partial charge in [0.1, 0.15) is 12.2 Å². The smallest absolute Gasteiger partial charge is 0.292 e. The third-order valence-corrected chi connectivity index (χ3v) is 2.65. The molecule has 0 amide bonds. The molecule has 0 unspecified atom stereocenters. The number of nitrogens with zero attached hydrogens (tertiary/aromatic N) is 2. The van der Waals surface area contributed by atoms with E-state index in [0.29, 0.717) is 0 Å². The Morgan fingerprint density at radius 2 is 2.22 bits per heavy atom. The van der Waals surface area contributed by atoms with E-state index in [-0.39, 0.29) is 30.5 Å². The molecule has 0 radical (unpaired) electrons. The van der Waals surface area contributed by atoms with Gasteiger partial charge in [-0.3, -0.25) is 4.79 Å². The van der Waals surface area contributed by atoms with Crippen LogP contribution in [0.5, 0.6) is 0 Å². The number of anilines is 1. The van der Waals surface area contributed by atoms with Gasteiger partial charge in [0.05, 0.1) is 30.0 Å². The molecule has 98 valence electrons. The van der Waals surface area contributed by atoms with Gasteiger partial charge in [-0.2, -0.15) is 5.10 Å². The van der Waals surface area contributed by atoms with Crippen molar-refractivity contribution in [2.24, 2.45) is 0 Å². The molecule has 0 saturated carbocycles. The summed E-state index contributed by atoms with van der Waals surface area (Å²) in [4.78, 5) is 12.0. The Kier molecular flexibility index (Phi) is 4.73. The van der Waals surface area contributed by atoms with E-state index in [2.05, 4.69) is 16.3 Å². The maximum atomic E-state index is 12.0. The van der Waals surface area contributed by atoms with E-state index in [1.807, 2.05) is 0 Å². The lowest BCUT2D eigenvalue weighted by molar-refractivity contribution is 0.147. The Morgan fingerprint density at radius 1 is 1.61 bits per heavy atom. The number of aromatic nitrogens is 2. The molecule has 0 aliphatic carbocycles. The number of aliphatic hydroxyl groups is 2. The fourth-order valence-electron chi connectivity index (χ4n) is 1.21. The second-order valence-corrected chi connectivity index (χ2v) is 4.44. The highest BCUT2D eigenvalue weighted by molar-refractivity contribution is 6.33. The summed E-state index contributed by atoms with van der Waals surface area (Å²) >= 11 is 5.87. The van der Waals surface area contributed by atoms with Gasteiger partial charge in [-0.05, 0) is 6.92 Å². The first-order chi connectivity index (χ1) is 8.47. The summed E-state index contributed by atoms with van der Waals surface area (Å²) in [5.41, 5.74) is -1.51. The largest absolute Gasteiger partial charge is 0.394 e. The van der Waals surface area contributed by atoms with Crippen molar-refractivity contribution in [2.75, 3.05) is 18.5 Å². The van der Waals surface area contributed by atoms with Gasteiger partial charge in [0.15, 0.2) is 0 Å². The zero-order valence-corrected chi connectivity index (χ0v) is 10.6. The Balaban J connectivity index is 3.20. The van der Waals surface area contributed by atoms with Crippen molar-refractivity contribution in [1.82, 2.24) is 9.78 Å². The molecule has 1 heterocycles. The first-order valence-corrected chi connectivity index (χ1v) is 5.54. The number of rotatable bonds is 5. The monoisotopic (exact) mass is 271 g/mol. The SMILES string of the molecule is C#CCn1ncc(Cl)c(NC(C)(CO)CO)c1=O. The van der Waals surface area contributed by atoms with Crippen LogP contribution in [-0.2, 0) is 6.54 Å². The number of halogens is 1. The van der Waals surface area contributed by atoms with Crippen molar-refractivity contribution < 1.29 is 10.2 Å². The molecule has 0 saturated heterocycles. The van der Waals surface area contributed by atoms with Gasteiger partial charge in [-0.15, -0.1) is 6.42 Å². The lowest BCUT2D eigenvalue weighted by Gasteiger charge is -2.27. The van der Waals surface area contributed by atoms with Crippen LogP contribution in [0.25, 0.3) is 0 Å².